The van der Waals surface area contributed by atoms with Crippen molar-refractivity contribution in [2.45, 2.75) is 25.7 Å². The van der Waals surface area contributed by atoms with Gasteiger partial charge in [-0.1, -0.05) is 12.1 Å². The zero-order chi connectivity index (χ0) is 14.4. The maximum atomic E-state index is 12.1. The first kappa shape index (κ1) is 14.9. The smallest absolute Gasteiger partial charge is 0.222 e. The Kier molecular flexibility index (Phi) is 5.41. The average molecular weight is 276 g/mol. The Bertz CT molecular complexity index is 442. The highest BCUT2D eigenvalue weighted by Crippen LogP contribution is 2.15. The van der Waals surface area contributed by atoms with Gasteiger partial charge in [-0.25, -0.2) is 0 Å². The van der Waals surface area contributed by atoms with Crippen molar-refractivity contribution in [2.75, 3.05) is 32.5 Å². The van der Waals surface area contributed by atoms with Gasteiger partial charge in [0.1, 0.15) is 0 Å². The number of aryl methyl sites for hydroxylation is 1. The van der Waals surface area contributed by atoms with Gasteiger partial charge in [-0.15, -0.1) is 0 Å². The van der Waals surface area contributed by atoms with Gasteiger partial charge in [-0.2, -0.15) is 0 Å². The zero-order valence-corrected chi connectivity index (χ0v) is 12.2. The Morgan fingerprint density at radius 1 is 1.50 bits per heavy atom. The Labute approximate surface area is 120 Å². The van der Waals surface area contributed by atoms with E-state index in [1.54, 1.807) is 0 Å². The Morgan fingerprint density at radius 3 is 3.05 bits per heavy atom. The van der Waals surface area contributed by atoms with Gasteiger partial charge >= 0.3 is 0 Å². The molecule has 0 spiro atoms. The third kappa shape index (κ3) is 4.53. The van der Waals surface area contributed by atoms with Crippen LogP contribution in [0, 0.1) is 5.92 Å². The number of nitrogen functional groups attached to an aromatic ring is 1. The minimum Gasteiger partial charge on any atom is -0.399 e. The van der Waals surface area contributed by atoms with Crippen LogP contribution in [0.5, 0.6) is 0 Å². The molecule has 4 heteroatoms. The number of rotatable bonds is 5. The van der Waals surface area contributed by atoms with Crippen molar-refractivity contribution in [2.24, 2.45) is 5.92 Å². The summed E-state index contributed by atoms with van der Waals surface area (Å²) < 4.78 is 5.45. The van der Waals surface area contributed by atoms with E-state index in [4.69, 9.17) is 10.5 Å². The highest BCUT2D eigenvalue weighted by Gasteiger charge is 2.18. The van der Waals surface area contributed by atoms with Crippen molar-refractivity contribution in [1.82, 2.24) is 4.90 Å². The van der Waals surface area contributed by atoms with Crippen molar-refractivity contribution in [3.63, 3.8) is 0 Å². The molecule has 1 aliphatic heterocycles. The van der Waals surface area contributed by atoms with Crippen LogP contribution in [0.25, 0.3) is 0 Å². The van der Waals surface area contributed by atoms with Crippen molar-refractivity contribution >= 4 is 11.6 Å². The number of benzene rings is 1. The summed E-state index contributed by atoms with van der Waals surface area (Å²) in [5, 5.41) is 0. The number of amides is 1. The number of hydrogen-bond donors (Lipinski definition) is 1. The summed E-state index contributed by atoms with van der Waals surface area (Å²) in [5.41, 5.74) is 7.61. The molecular weight excluding hydrogens is 252 g/mol. The maximum Gasteiger partial charge on any atom is 0.222 e. The number of carbonyl (C=O) groups is 1. The van der Waals surface area contributed by atoms with E-state index < -0.39 is 0 Å². The van der Waals surface area contributed by atoms with E-state index in [0.717, 1.165) is 50.3 Å². The largest absolute Gasteiger partial charge is 0.399 e. The molecule has 0 bridgehead atoms. The van der Waals surface area contributed by atoms with Crippen LogP contribution >= 0.6 is 0 Å². The summed E-state index contributed by atoms with van der Waals surface area (Å²) >= 11 is 0. The van der Waals surface area contributed by atoms with Gasteiger partial charge in [-0.05, 0) is 42.9 Å². The topological polar surface area (TPSA) is 55.6 Å². The van der Waals surface area contributed by atoms with E-state index in [2.05, 4.69) is 0 Å². The molecule has 20 heavy (non-hydrogen) atoms. The number of ether oxygens (including phenoxy) is 1. The maximum absolute atomic E-state index is 12.1. The van der Waals surface area contributed by atoms with Gasteiger partial charge in [0.05, 0.1) is 6.61 Å². The molecule has 1 heterocycles. The third-order valence-corrected chi connectivity index (χ3v) is 3.79. The number of nitrogens with two attached hydrogens (primary N) is 1. The lowest BCUT2D eigenvalue weighted by Crippen LogP contribution is -2.35. The molecule has 0 saturated carbocycles. The van der Waals surface area contributed by atoms with E-state index in [0.29, 0.717) is 12.3 Å². The molecule has 1 atom stereocenters. The average Bonchev–Trinajstić information content (AvgIpc) is 2.46. The van der Waals surface area contributed by atoms with Crippen molar-refractivity contribution in [1.29, 1.82) is 0 Å². The van der Waals surface area contributed by atoms with Crippen LogP contribution in [0.15, 0.2) is 24.3 Å². The summed E-state index contributed by atoms with van der Waals surface area (Å²) in [6.45, 7) is 2.45. The van der Waals surface area contributed by atoms with Crippen molar-refractivity contribution < 1.29 is 9.53 Å². The molecule has 4 nitrogen and oxygen atoms in total. The summed E-state index contributed by atoms with van der Waals surface area (Å²) in [6.07, 6.45) is 3.55. The molecule has 1 aromatic carbocycles. The van der Waals surface area contributed by atoms with Gasteiger partial charge in [0.15, 0.2) is 0 Å². The second-order valence-electron chi connectivity index (χ2n) is 5.60. The molecule has 1 amide bonds. The molecule has 0 aromatic heterocycles. The highest BCUT2D eigenvalue weighted by molar-refractivity contribution is 5.76. The van der Waals surface area contributed by atoms with E-state index in [-0.39, 0.29) is 5.91 Å². The van der Waals surface area contributed by atoms with E-state index in [1.165, 1.54) is 0 Å². The first-order valence-electron chi connectivity index (χ1n) is 7.31. The number of nitrogens with zero attached hydrogens (tertiary/aromatic N) is 1. The van der Waals surface area contributed by atoms with Crippen LogP contribution in [-0.4, -0.2) is 37.6 Å². The van der Waals surface area contributed by atoms with Crippen LogP contribution in [0.2, 0.25) is 0 Å². The Balaban J connectivity index is 1.76. The highest BCUT2D eigenvalue weighted by atomic mass is 16.5. The summed E-state index contributed by atoms with van der Waals surface area (Å²) in [6, 6.07) is 7.74. The number of hydrogen-bond acceptors (Lipinski definition) is 3. The van der Waals surface area contributed by atoms with Crippen LogP contribution < -0.4 is 5.73 Å². The standard InChI is InChI=1S/C16H24N2O2/c1-18(11-14-5-3-9-20-12-14)16(19)8-7-13-4-2-6-15(17)10-13/h2,4,6,10,14H,3,5,7-9,11-12,17H2,1H3. The lowest BCUT2D eigenvalue weighted by atomic mass is 10.0. The predicted molar refractivity (Wildman–Crippen MR) is 80.4 cm³/mol. The number of anilines is 1. The molecule has 1 fully saturated rings. The molecule has 1 saturated heterocycles. The monoisotopic (exact) mass is 276 g/mol. The van der Waals surface area contributed by atoms with E-state index in [1.807, 2.05) is 36.2 Å². The summed E-state index contributed by atoms with van der Waals surface area (Å²) in [4.78, 5) is 14.0. The minimum absolute atomic E-state index is 0.193. The van der Waals surface area contributed by atoms with Crippen LogP contribution in [0.1, 0.15) is 24.8 Å². The molecule has 0 radical (unpaired) electrons. The molecule has 0 aliphatic carbocycles. The van der Waals surface area contributed by atoms with Crippen molar-refractivity contribution in [3.05, 3.63) is 29.8 Å². The fourth-order valence-electron chi connectivity index (χ4n) is 2.63. The van der Waals surface area contributed by atoms with Crippen molar-refractivity contribution in [3.8, 4) is 0 Å². The number of carbonyl (C=O) groups excluding carboxylic acids is 1. The quantitative estimate of drug-likeness (QED) is 0.838. The van der Waals surface area contributed by atoms with Crippen LogP contribution in [0.4, 0.5) is 5.69 Å². The first-order chi connectivity index (χ1) is 9.65. The summed E-state index contributed by atoms with van der Waals surface area (Å²) in [5.74, 6) is 0.683. The zero-order valence-electron chi connectivity index (χ0n) is 12.2. The normalized spacial score (nSPS) is 18.8. The fourth-order valence-corrected chi connectivity index (χ4v) is 2.63. The first-order valence-corrected chi connectivity index (χ1v) is 7.31. The Morgan fingerprint density at radius 2 is 2.35 bits per heavy atom. The predicted octanol–water partition coefficient (Wildman–Crippen LogP) is 2.09. The molecular formula is C16H24N2O2. The van der Waals surface area contributed by atoms with E-state index in [9.17, 15) is 4.79 Å². The molecule has 1 unspecified atom stereocenters. The minimum atomic E-state index is 0.193. The van der Waals surface area contributed by atoms with Gasteiger partial charge < -0.3 is 15.4 Å². The van der Waals surface area contributed by atoms with Crippen LogP contribution in [-0.2, 0) is 16.0 Å². The Hall–Kier alpha value is -1.55. The van der Waals surface area contributed by atoms with Gasteiger partial charge in [0.25, 0.3) is 0 Å². The molecule has 1 aliphatic rings. The lowest BCUT2D eigenvalue weighted by molar-refractivity contribution is -0.131. The fraction of sp³-hybridized carbons (Fsp3) is 0.562. The molecule has 2 N–H and O–H groups in total. The van der Waals surface area contributed by atoms with Crippen LogP contribution in [0.3, 0.4) is 0 Å². The second-order valence-corrected chi connectivity index (χ2v) is 5.60. The van der Waals surface area contributed by atoms with Gasteiger partial charge in [0, 0.05) is 32.3 Å². The van der Waals surface area contributed by atoms with E-state index >= 15 is 0 Å². The SMILES string of the molecule is CN(CC1CCCOC1)C(=O)CCc1cccc(N)c1. The van der Waals surface area contributed by atoms with Gasteiger partial charge in [-0.3, -0.25) is 4.79 Å². The molecule has 2 rings (SSSR count). The van der Waals surface area contributed by atoms with Gasteiger partial charge in [0.2, 0.25) is 5.91 Å². The lowest BCUT2D eigenvalue weighted by Gasteiger charge is -2.27. The second kappa shape index (κ2) is 7.29. The molecule has 110 valence electrons. The summed E-state index contributed by atoms with van der Waals surface area (Å²) in [7, 11) is 1.89. The third-order valence-electron chi connectivity index (χ3n) is 3.79. The molecule has 1 aromatic rings.